The van der Waals surface area contributed by atoms with Crippen LogP contribution in [0, 0.1) is 0 Å². The first-order valence-electron chi connectivity index (χ1n) is 4.97. The first-order valence-corrected chi connectivity index (χ1v) is 5.38. The van der Waals surface area contributed by atoms with Crippen molar-refractivity contribution >= 4 is 28.9 Å². The normalized spacial score (nSPS) is 9.94. The Balaban J connectivity index is 2.94. The maximum atomic E-state index is 11.8. The Kier molecular flexibility index (Phi) is 4.25. The van der Waals surface area contributed by atoms with E-state index >= 15 is 0 Å². The van der Waals surface area contributed by atoms with E-state index in [4.69, 9.17) is 18.0 Å². The van der Waals surface area contributed by atoms with Crippen molar-refractivity contribution in [2.45, 2.75) is 19.9 Å². The third-order valence-electron chi connectivity index (χ3n) is 1.85. The third-order valence-corrected chi connectivity index (χ3v) is 1.95. The molecule has 1 rings (SSSR count). The first-order chi connectivity index (χ1) is 7.50. The number of rotatable bonds is 3. The number of thiocarbonyl (C=S) groups is 1. The fourth-order valence-electron chi connectivity index (χ4n) is 1.26. The maximum Gasteiger partial charge on any atom is 0.253 e. The minimum atomic E-state index is -0.144. The Morgan fingerprint density at radius 2 is 2.00 bits per heavy atom. The molecule has 0 saturated carbocycles. The lowest BCUT2D eigenvalue weighted by atomic mass is 10.1. The molecule has 0 aliphatic rings. The van der Waals surface area contributed by atoms with Gasteiger partial charge in [-0.15, -0.1) is 0 Å². The standard InChI is InChI=1S/C11H15N3OS/c1-7(2)13-10(15)8-5-3-4-6-9(8)14-11(12)16/h3-7H,1-2H3,(H,13,15)(H3,12,14,16). The second-order valence-corrected chi connectivity index (χ2v) is 4.10. The summed E-state index contributed by atoms with van der Waals surface area (Å²) in [4.78, 5) is 11.8. The van der Waals surface area contributed by atoms with Gasteiger partial charge >= 0.3 is 0 Å². The highest BCUT2D eigenvalue weighted by Crippen LogP contribution is 2.14. The van der Waals surface area contributed by atoms with E-state index < -0.39 is 0 Å². The molecule has 4 nitrogen and oxygen atoms in total. The van der Waals surface area contributed by atoms with Crippen LogP contribution >= 0.6 is 12.2 Å². The van der Waals surface area contributed by atoms with Crippen molar-refractivity contribution < 1.29 is 4.79 Å². The van der Waals surface area contributed by atoms with Crippen molar-refractivity contribution in [1.82, 2.24) is 5.32 Å². The smallest absolute Gasteiger partial charge is 0.253 e. The fraction of sp³-hybridized carbons (Fsp3) is 0.273. The van der Waals surface area contributed by atoms with Crippen LogP contribution in [-0.4, -0.2) is 17.1 Å². The van der Waals surface area contributed by atoms with E-state index in [9.17, 15) is 4.79 Å². The van der Waals surface area contributed by atoms with Gasteiger partial charge in [0.05, 0.1) is 11.3 Å². The molecule has 4 N–H and O–H groups in total. The Labute approximate surface area is 100 Å². The molecule has 0 spiro atoms. The van der Waals surface area contributed by atoms with Crippen LogP contribution in [0.5, 0.6) is 0 Å². The number of benzene rings is 1. The van der Waals surface area contributed by atoms with Crippen LogP contribution in [0.1, 0.15) is 24.2 Å². The molecular formula is C11H15N3OS. The molecule has 1 amide bonds. The molecule has 86 valence electrons. The van der Waals surface area contributed by atoms with Gasteiger partial charge in [-0.25, -0.2) is 0 Å². The summed E-state index contributed by atoms with van der Waals surface area (Å²) in [6.45, 7) is 3.81. The van der Waals surface area contributed by atoms with E-state index in [0.717, 1.165) is 0 Å². The molecule has 5 heteroatoms. The van der Waals surface area contributed by atoms with Gasteiger partial charge in [0, 0.05) is 6.04 Å². The lowest BCUT2D eigenvalue weighted by molar-refractivity contribution is 0.0944. The minimum absolute atomic E-state index is 0.0883. The van der Waals surface area contributed by atoms with Gasteiger partial charge in [-0.3, -0.25) is 4.79 Å². The van der Waals surface area contributed by atoms with Crippen LogP contribution < -0.4 is 16.4 Å². The molecule has 0 unspecified atom stereocenters. The first kappa shape index (κ1) is 12.4. The molecule has 0 atom stereocenters. The Morgan fingerprint density at radius 1 is 1.38 bits per heavy atom. The monoisotopic (exact) mass is 237 g/mol. The Morgan fingerprint density at radius 3 is 2.56 bits per heavy atom. The summed E-state index contributed by atoms with van der Waals surface area (Å²) in [6, 6.07) is 7.17. The molecule has 0 bridgehead atoms. The molecule has 1 aromatic carbocycles. The van der Waals surface area contributed by atoms with E-state index in [1.54, 1.807) is 18.2 Å². The van der Waals surface area contributed by atoms with Crippen molar-refractivity contribution in [2.24, 2.45) is 5.73 Å². The summed E-state index contributed by atoms with van der Waals surface area (Å²) in [6.07, 6.45) is 0. The minimum Gasteiger partial charge on any atom is -0.376 e. The molecule has 0 radical (unpaired) electrons. The zero-order chi connectivity index (χ0) is 12.1. The van der Waals surface area contributed by atoms with Gasteiger partial charge in [-0.1, -0.05) is 12.1 Å². The predicted octanol–water partition coefficient (Wildman–Crippen LogP) is 1.48. The largest absolute Gasteiger partial charge is 0.376 e. The average molecular weight is 237 g/mol. The summed E-state index contributed by atoms with van der Waals surface area (Å²) in [5.74, 6) is -0.144. The van der Waals surface area contributed by atoms with Crippen LogP contribution in [-0.2, 0) is 0 Å². The molecule has 0 fully saturated rings. The second-order valence-electron chi connectivity index (χ2n) is 3.66. The SMILES string of the molecule is CC(C)NC(=O)c1ccccc1NC(N)=S. The van der Waals surface area contributed by atoms with Crippen molar-refractivity contribution in [1.29, 1.82) is 0 Å². The van der Waals surface area contributed by atoms with Crippen molar-refractivity contribution in [3.63, 3.8) is 0 Å². The van der Waals surface area contributed by atoms with E-state index in [1.165, 1.54) is 0 Å². The Hall–Kier alpha value is -1.62. The summed E-state index contributed by atoms with van der Waals surface area (Å²) < 4.78 is 0. The van der Waals surface area contributed by atoms with Gasteiger partial charge in [-0.05, 0) is 38.2 Å². The number of carbonyl (C=O) groups is 1. The van der Waals surface area contributed by atoms with Gasteiger partial charge in [0.1, 0.15) is 0 Å². The van der Waals surface area contributed by atoms with Crippen LogP contribution in [0.15, 0.2) is 24.3 Å². The van der Waals surface area contributed by atoms with Gasteiger partial charge in [0.15, 0.2) is 5.11 Å². The molecule has 0 heterocycles. The van der Waals surface area contributed by atoms with Gasteiger partial charge in [-0.2, -0.15) is 0 Å². The molecule has 16 heavy (non-hydrogen) atoms. The number of anilines is 1. The predicted molar refractivity (Wildman–Crippen MR) is 69.5 cm³/mol. The summed E-state index contributed by atoms with van der Waals surface area (Å²) in [5, 5.41) is 5.73. The van der Waals surface area contributed by atoms with E-state index in [1.807, 2.05) is 19.9 Å². The number of para-hydroxylation sites is 1. The third kappa shape index (κ3) is 3.51. The second kappa shape index (κ2) is 5.46. The topological polar surface area (TPSA) is 67.2 Å². The number of nitrogens with two attached hydrogens (primary N) is 1. The van der Waals surface area contributed by atoms with Crippen molar-refractivity contribution in [2.75, 3.05) is 5.32 Å². The van der Waals surface area contributed by atoms with E-state index in [2.05, 4.69) is 10.6 Å². The van der Waals surface area contributed by atoms with E-state index in [-0.39, 0.29) is 17.1 Å². The summed E-state index contributed by atoms with van der Waals surface area (Å²) in [7, 11) is 0. The van der Waals surface area contributed by atoms with Crippen LogP contribution in [0.2, 0.25) is 0 Å². The van der Waals surface area contributed by atoms with Crippen LogP contribution in [0.25, 0.3) is 0 Å². The molecule has 0 saturated heterocycles. The number of nitrogens with one attached hydrogen (secondary N) is 2. The summed E-state index contributed by atoms with van der Waals surface area (Å²) in [5.41, 5.74) is 6.53. The molecular weight excluding hydrogens is 222 g/mol. The van der Waals surface area contributed by atoms with E-state index in [0.29, 0.717) is 11.3 Å². The number of carbonyl (C=O) groups excluding carboxylic acids is 1. The molecule has 1 aromatic rings. The highest BCUT2D eigenvalue weighted by Gasteiger charge is 2.11. The Bertz CT molecular complexity index is 404. The zero-order valence-electron chi connectivity index (χ0n) is 9.28. The fourth-order valence-corrected chi connectivity index (χ4v) is 1.37. The van der Waals surface area contributed by atoms with Crippen molar-refractivity contribution in [3.8, 4) is 0 Å². The number of hydrogen-bond donors (Lipinski definition) is 3. The highest BCUT2D eigenvalue weighted by molar-refractivity contribution is 7.80. The van der Waals surface area contributed by atoms with Crippen molar-refractivity contribution in [3.05, 3.63) is 29.8 Å². The van der Waals surface area contributed by atoms with Crippen LogP contribution in [0.4, 0.5) is 5.69 Å². The quantitative estimate of drug-likeness (QED) is 0.697. The van der Waals surface area contributed by atoms with Gasteiger partial charge in [0.2, 0.25) is 0 Å². The summed E-state index contributed by atoms with van der Waals surface area (Å²) >= 11 is 4.75. The zero-order valence-corrected chi connectivity index (χ0v) is 10.1. The highest BCUT2D eigenvalue weighted by atomic mass is 32.1. The van der Waals surface area contributed by atoms with Gasteiger partial charge in [0.25, 0.3) is 5.91 Å². The average Bonchev–Trinajstić information content (AvgIpc) is 2.16. The molecule has 0 aliphatic heterocycles. The lowest BCUT2D eigenvalue weighted by Crippen LogP contribution is -2.31. The van der Waals surface area contributed by atoms with Gasteiger partial charge < -0.3 is 16.4 Å². The lowest BCUT2D eigenvalue weighted by Gasteiger charge is -2.12. The maximum absolute atomic E-state index is 11.8. The number of amides is 1. The molecule has 0 aromatic heterocycles. The molecule has 0 aliphatic carbocycles. The number of hydrogen-bond acceptors (Lipinski definition) is 2. The van der Waals surface area contributed by atoms with Crippen LogP contribution in [0.3, 0.4) is 0 Å².